The van der Waals surface area contributed by atoms with Gasteiger partial charge < -0.3 is 4.57 Å². The fourth-order valence-corrected chi connectivity index (χ4v) is 24.6. The summed E-state index contributed by atoms with van der Waals surface area (Å²) in [7, 11) is 0. The van der Waals surface area contributed by atoms with Gasteiger partial charge in [0, 0.05) is 60.7 Å². The number of fused-ring (bicyclic) bond motifs is 26. The lowest BCUT2D eigenvalue weighted by molar-refractivity contribution is 0.299. The molecule has 3 aromatic heterocycles. The standard InChI is InChI=1S/C48H37N.2C47H37N3/c1-47(2)43-26-23-31(30-21-24-32(25-22-30)49-45-19-11-9-17-37(45)38-18-10-12-20-46(38)49)27-41(43)42-28-39-35-15-7-5-13-33(35)34-14-6-8-16-36(34)40(39)29-44(42)48(47,3)4;1-46(2)40-29-35(25-26-38(40)39-27-24-31-23-22-30-14-11-12-21-37(30)41(31)42(39)47(46,3)4)34-19-13-20-36(28-34)45-49-43(32-15-7-5-8-16-32)48-44(50-45)33-17-9-6-10-18-33;1-46(2)41-29-35(24-25-38(41)40-28-27-37-36-18-12-11-13-31(36)23-26-39(37)42(40)47(46,3)4)30-19-21-34(22-20-30)45-49-43(32-14-7-5-8-15-32)48-44(50-45)33-16-9-6-10-17-33/h5-29H,1-4H3;2*5-29H,1-4H3. The summed E-state index contributed by atoms with van der Waals surface area (Å²) in [6.45, 7) is 29.1. The van der Waals surface area contributed by atoms with Gasteiger partial charge in [0.05, 0.1) is 11.0 Å². The van der Waals surface area contributed by atoms with Crippen molar-refractivity contribution in [2.45, 2.75) is 116 Å². The first-order valence-corrected chi connectivity index (χ1v) is 52.2. The molecule has 0 N–H and O–H groups in total. The number of hydrogen-bond donors (Lipinski definition) is 0. The van der Waals surface area contributed by atoms with Crippen molar-refractivity contribution >= 4 is 97.2 Å². The van der Waals surface area contributed by atoms with Crippen molar-refractivity contribution in [3.63, 3.8) is 0 Å². The maximum atomic E-state index is 5.00. The summed E-state index contributed by atoms with van der Waals surface area (Å²) >= 11 is 0. The van der Waals surface area contributed by atoms with Crippen LogP contribution in [0.2, 0.25) is 0 Å². The Hall–Kier alpha value is -17.5. The van der Waals surface area contributed by atoms with E-state index in [-0.39, 0.29) is 32.5 Å². The zero-order valence-corrected chi connectivity index (χ0v) is 85.9. The first-order chi connectivity index (χ1) is 72.4. The first-order valence-electron chi connectivity index (χ1n) is 52.2. The summed E-state index contributed by atoms with van der Waals surface area (Å²) < 4.78 is 2.39. The van der Waals surface area contributed by atoms with E-state index in [4.69, 9.17) is 29.9 Å². The van der Waals surface area contributed by atoms with Gasteiger partial charge in [-0.25, -0.2) is 29.9 Å². The van der Waals surface area contributed by atoms with Crippen LogP contribution in [-0.4, -0.2) is 34.5 Å². The van der Waals surface area contributed by atoms with Crippen molar-refractivity contribution < 1.29 is 0 Å². The lowest BCUT2D eigenvalue weighted by atomic mass is 9.54. The van der Waals surface area contributed by atoms with Crippen molar-refractivity contribution in [3.8, 4) is 141 Å². The summed E-state index contributed by atoms with van der Waals surface area (Å²) in [6.07, 6.45) is 0. The minimum atomic E-state index is -0.141. The van der Waals surface area contributed by atoms with E-state index in [1.54, 1.807) is 0 Å². The predicted molar refractivity (Wildman–Crippen MR) is 626 cm³/mol. The molecule has 0 bridgehead atoms. The van der Waals surface area contributed by atoms with Gasteiger partial charge in [-0.3, -0.25) is 0 Å². The highest BCUT2D eigenvalue weighted by atomic mass is 15.0. The van der Waals surface area contributed by atoms with Crippen molar-refractivity contribution in [2.24, 2.45) is 0 Å². The van der Waals surface area contributed by atoms with E-state index >= 15 is 0 Å². The highest BCUT2D eigenvalue weighted by Crippen LogP contribution is 2.61. The van der Waals surface area contributed by atoms with E-state index in [2.05, 4.69) is 421 Å². The molecule has 0 amide bonds. The lowest BCUT2D eigenvalue weighted by Gasteiger charge is -2.49. The molecule has 0 unspecified atom stereocenters. The van der Waals surface area contributed by atoms with Gasteiger partial charge in [0.25, 0.3) is 0 Å². The summed E-state index contributed by atoms with van der Waals surface area (Å²) in [5, 5.41) is 21.1. The zero-order chi connectivity index (χ0) is 101. The van der Waals surface area contributed by atoms with Gasteiger partial charge in [0.15, 0.2) is 34.9 Å². The summed E-state index contributed by atoms with van der Waals surface area (Å²) in [5.41, 5.74) is 32.5. The Balaban J connectivity index is 0.000000113. The number of nitrogens with zero attached hydrogens (tertiary/aromatic N) is 7. The molecule has 0 spiro atoms. The Morgan fingerprint density at radius 3 is 0.980 bits per heavy atom. The molecule has 3 aliphatic carbocycles. The summed E-state index contributed by atoms with van der Waals surface area (Å²) in [6, 6.07) is 165. The van der Waals surface area contributed by atoms with E-state index < -0.39 is 0 Å². The third kappa shape index (κ3) is 14.9. The lowest BCUT2D eigenvalue weighted by Crippen LogP contribution is -2.43. The molecule has 0 fully saturated rings. The van der Waals surface area contributed by atoms with Gasteiger partial charge in [-0.2, -0.15) is 0 Å². The van der Waals surface area contributed by atoms with Gasteiger partial charge in [-0.05, 0) is 258 Å². The fraction of sp³-hybridized carbons (Fsp3) is 0.127. The van der Waals surface area contributed by atoms with Crippen LogP contribution in [0, 0.1) is 0 Å². The van der Waals surface area contributed by atoms with Crippen LogP contribution in [0.15, 0.2) is 455 Å². The van der Waals surface area contributed by atoms with E-state index in [0.717, 1.165) is 38.9 Å². The highest BCUT2D eigenvalue weighted by Gasteiger charge is 2.50. The fourth-order valence-electron chi connectivity index (χ4n) is 24.6. The monoisotopic (exact) mass is 1910 g/mol. The van der Waals surface area contributed by atoms with E-state index in [9.17, 15) is 0 Å². The SMILES string of the molecule is CC1(C)c2cc(-c3ccc(-c4nc(-c5ccccc5)nc(-c5ccccc5)n4)cc3)ccc2-c2ccc3c(ccc4ccccc43)c2C1(C)C.CC1(C)c2cc(-c3cccc(-c4nc(-c5ccccc5)nc(-c5ccccc5)n4)c3)ccc2-c2ccc3ccc4ccccc4c3c2C1(C)C.CC1(C)c2ccc(-c3ccc(-n4c5ccccc5c5ccccc54)cc3)cc2-c2cc3c4ccccc4c4ccccc4c3cc2C1(C)C. The Bertz CT molecular complexity index is 9570. The van der Waals surface area contributed by atoms with Crippen LogP contribution in [0.5, 0.6) is 0 Å². The molecule has 22 aromatic carbocycles. The number of aromatic nitrogens is 7. The van der Waals surface area contributed by atoms with Crippen molar-refractivity contribution in [1.29, 1.82) is 0 Å². The zero-order valence-electron chi connectivity index (χ0n) is 85.9. The number of para-hydroxylation sites is 2. The number of benzene rings is 22. The topological polar surface area (TPSA) is 82.3 Å². The van der Waals surface area contributed by atoms with Gasteiger partial charge in [0.1, 0.15) is 0 Å². The highest BCUT2D eigenvalue weighted by molar-refractivity contribution is 6.26. The number of rotatable bonds is 10. The minimum absolute atomic E-state index is 0.0609. The van der Waals surface area contributed by atoms with Crippen molar-refractivity contribution in [2.75, 3.05) is 0 Å². The van der Waals surface area contributed by atoms with Crippen molar-refractivity contribution in [3.05, 3.63) is 488 Å². The van der Waals surface area contributed by atoms with Crippen LogP contribution < -0.4 is 0 Å². The third-order valence-electron chi connectivity index (χ3n) is 34.6. The molecule has 0 saturated carbocycles. The van der Waals surface area contributed by atoms with Gasteiger partial charge >= 0.3 is 0 Å². The first kappa shape index (κ1) is 91.4. The van der Waals surface area contributed by atoms with Gasteiger partial charge in [-0.1, -0.05) is 477 Å². The molecular formula is C142H111N7. The average Bonchev–Trinajstić information content (AvgIpc) is 1.36. The second-order valence-electron chi connectivity index (χ2n) is 44.0. The molecule has 149 heavy (non-hydrogen) atoms. The Morgan fingerprint density at radius 2 is 0.456 bits per heavy atom. The molecule has 3 heterocycles. The van der Waals surface area contributed by atoms with E-state index in [1.165, 1.54) is 197 Å². The van der Waals surface area contributed by atoms with Crippen LogP contribution >= 0.6 is 0 Å². The normalized spacial score (nSPS) is 14.5. The maximum Gasteiger partial charge on any atom is 0.164 e. The number of hydrogen-bond acceptors (Lipinski definition) is 6. The average molecular weight is 1920 g/mol. The van der Waals surface area contributed by atoms with Crippen molar-refractivity contribution in [1.82, 2.24) is 34.5 Å². The second kappa shape index (κ2) is 35.1. The molecule has 714 valence electrons. The van der Waals surface area contributed by atoms with E-state index in [0.29, 0.717) is 34.9 Å². The Labute approximate surface area is 870 Å². The smallest absolute Gasteiger partial charge is 0.164 e. The van der Waals surface area contributed by atoms with Crippen LogP contribution in [-0.2, 0) is 32.5 Å². The summed E-state index contributed by atoms with van der Waals surface area (Å²) in [4.78, 5) is 29.6. The molecule has 7 heteroatoms. The second-order valence-corrected chi connectivity index (χ2v) is 44.0. The Kier molecular flexibility index (Phi) is 21.6. The van der Waals surface area contributed by atoms with Crippen LogP contribution in [0.25, 0.3) is 238 Å². The van der Waals surface area contributed by atoms with Gasteiger partial charge in [0.2, 0.25) is 0 Å². The molecule has 25 aromatic rings. The Morgan fingerprint density at radius 1 is 0.154 bits per heavy atom. The molecule has 0 atom stereocenters. The quantitative estimate of drug-likeness (QED) is 0.127. The van der Waals surface area contributed by atoms with Crippen LogP contribution in [0.1, 0.15) is 116 Å². The molecule has 0 radical (unpaired) electrons. The molecular weight excluding hydrogens is 1800 g/mol. The molecule has 0 aliphatic heterocycles. The van der Waals surface area contributed by atoms with Gasteiger partial charge in [-0.15, -0.1) is 0 Å². The van der Waals surface area contributed by atoms with Crippen LogP contribution in [0.3, 0.4) is 0 Å². The molecule has 3 aliphatic rings. The summed E-state index contributed by atoms with van der Waals surface area (Å²) in [5.74, 6) is 3.98. The van der Waals surface area contributed by atoms with Crippen LogP contribution in [0.4, 0.5) is 0 Å². The third-order valence-corrected chi connectivity index (χ3v) is 34.6. The molecule has 0 saturated heterocycles. The minimum Gasteiger partial charge on any atom is -0.309 e. The van der Waals surface area contributed by atoms with E-state index in [1.807, 2.05) is 121 Å². The molecule has 28 rings (SSSR count). The molecule has 7 nitrogen and oxygen atoms in total. The predicted octanol–water partition coefficient (Wildman–Crippen LogP) is 37.3. The maximum absolute atomic E-state index is 5.00. The largest absolute Gasteiger partial charge is 0.309 e.